The average Bonchev–Trinajstić information content (AvgIpc) is 2.75. The van der Waals surface area contributed by atoms with E-state index in [1.165, 1.54) is 16.8 Å². The van der Waals surface area contributed by atoms with E-state index in [2.05, 4.69) is 62.7 Å². The van der Waals surface area contributed by atoms with Crippen LogP contribution in [0.3, 0.4) is 0 Å². The highest BCUT2D eigenvalue weighted by molar-refractivity contribution is 5.83. The summed E-state index contributed by atoms with van der Waals surface area (Å²) in [6.07, 6.45) is 3.12. The third-order valence-electron chi connectivity index (χ3n) is 6.18. The molecule has 1 heterocycles. The zero-order valence-electron chi connectivity index (χ0n) is 19.2. The lowest BCUT2D eigenvalue weighted by atomic mass is 9.79. The van der Waals surface area contributed by atoms with E-state index in [0.717, 1.165) is 35.7 Å². The van der Waals surface area contributed by atoms with Gasteiger partial charge in [-0.25, -0.2) is 0 Å². The van der Waals surface area contributed by atoms with Crippen LogP contribution in [0, 0.1) is 6.92 Å². The second kappa shape index (κ2) is 8.58. The Morgan fingerprint density at radius 3 is 2.29 bits per heavy atom. The summed E-state index contributed by atoms with van der Waals surface area (Å²) in [6.45, 7) is 12.4. The van der Waals surface area contributed by atoms with Crippen LogP contribution < -0.4 is 9.64 Å². The van der Waals surface area contributed by atoms with Crippen molar-refractivity contribution in [1.82, 2.24) is 0 Å². The second-order valence-corrected chi connectivity index (χ2v) is 9.15. The highest BCUT2D eigenvalue weighted by Crippen LogP contribution is 2.43. The summed E-state index contributed by atoms with van der Waals surface area (Å²) in [5, 5.41) is 0. The molecule has 0 saturated heterocycles. The number of hydrogen-bond acceptors (Lipinski definition) is 3. The van der Waals surface area contributed by atoms with E-state index in [-0.39, 0.29) is 5.54 Å². The zero-order valence-corrected chi connectivity index (χ0v) is 19.2. The molecule has 3 aromatic rings. The van der Waals surface area contributed by atoms with Crippen LogP contribution in [0.2, 0.25) is 0 Å². The van der Waals surface area contributed by atoms with Gasteiger partial charge in [-0.1, -0.05) is 30.7 Å². The van der Waals surface area contributed by atoms with Crippen LogP contribution in [-0.2, 0) is 0 Å². The fraction of sp³-hybridized carbons (Fsp3) is 0.321. The van der Waals surface area contributed by atoms with Crippen molar-refractivity contribution in [2.45, 2.75) is 52.5 Å². The minimum absolute atomic E-state index is 0.194. The summed E-state index contributed by atoms with van der Waals surface area (Å²) < 4.78 is 5.91. The summed E-state index contributed by atoms with van der Waals surface area (Å²) in [5.41, 5.74) is 6.26. The molecule has 1 aliphatic heterocycles. The Morgan fingerprint density at radius 1 is 1.00 bits per heavy atom. The number of fused-ring (bicyclic) bond motifs is 1. The van der Waals surface area contributed by atoms with Gasteiger partial charge in [-0.05, 0) is 99.7 Å². The number of ether oxygens (including phenoxy) is 1. The van der Waals surface area contributed by atoms with E-state index in [0.29, 0.717) is 5.92 Å². The molecule has 0 N–H and O–H groups in total. The number of nitrogens with zero attached hydrogens (tertiary/aromatic N) is 2. The fourth-order valence-corrected chi connectivity index (χ4v) is 4.68. The summed E-state index contributed by atoms with van der Waals surface area (Å²) in [6, 6.07) is 22.7. The van der Waals surface area contributed by atoms with E-state index in [9.17, 15) is 0 Å². The lowest BCUT2D eigenvalue weighted by Crippen LogP contribution is -2.48. The predicted octanol–water partition coefficient (Wildman–Crippen LogP) is 7.65. The van der Waals surface area contributed by atoms with E-state index >= 15 is 0 Å². The monoisotopic (exact) mass is 412 g/mol. The molecule has 0 unspecified atom stereocenters. The third-order valence-corrected chi connectivity index (χ3v) is 6.18. The minimum atomic E-state index is 0.194. The van der Waals surface area contributed by atoms with Crippen LogP contribution >= 0.6 is 0 Å². The van der Waals surface area contributed by atoms with Crippen molar-refractivity contribution in [3.63, 3.8) is 0 Å². The number of hydrogen-bond donors (Lipinski definition) is 0. The van der Waals surface area contributed by atoms with Gasteiger partial charge in [0, 0.05) is 24.0 Å². The maximum absolute atomic E-state index is 5.91. The molecule has 3 nitrogen and oxygen atoms in total. The first-order chi connectivity index (χ1) is 14.9. The fourth-order valence-electron chi connectivity index (χ4n) is 4.68. The van der Waals surface area contributed by atoms with Gasteiger partial charge in [-0.15, -0.1) is 0 Å². The standard InChI is InChI=1S/C28H32N2O/c1-6-30-27-16-9-22(17-26(27)21(3)18-28(30,4)5)19-29-23-10-14-25(15-11-23)31-24-12-7-20(2)8-13-24/h7-17,19,21H,6,18H2,1-5H3/t21-/m1/s1. The molecular formula is C28H32N2O. The SMILES string of the molecule is CCN1c2ccc(C=Nc3ccc(Oc4ccc(C)cc4)cc3)cc2[C@H](C)CC1(C)C. The van der Waals surface area contributed by atoms with Gasteiger partial charge in [-0.2, -0.15) is 0 Å². The molecule has 1 aliphatic rings. The Hall–Kier alpha value is -3.07. The third kappa shape index (κ3) is 4.66. The van der Waals surface area contributed by atoms with Crippen molar-refractivity contribution in [3.8, 4) is 11.5 Å². The van der Waals surface area contributed by atoms with Crippen LogP contribution in [0.15, 0.2) is 71.7 Å². The van der Waals surface area contributed by atoms with Crippen LogP contribution in [0.4, 0.5) is 11.4 Å². The maximum Gasteiger partial charge on any atom is 0.127 e. The minimum Gasteiger partial charge on any atom is -0.457 e. The van der Waals surface area contributed by atoms with Crippen LogP contribution in [0.25, 0.3) is 0 Å². The molecule has 3 heteroatoms. The Labute approximate surface area is 186 Å². The molecule has 1 atom stereocenters. The van der Waals surface area contributed by atoms with Gasteiger partial charge in [0.1, 0.15) is 11.5 Å². The molecule has 0 spiro atoms. The summed E-state index contributed by atoms with van der Waals surface area (Å²) in [4.78, 5) is 7.21. The number of anilines is 1. The first kappa shape index (κ1) is 21.2. The summed E-state index contributed by atoms with van der Waals surface area (Å²) in [7, 11) is 0. The van der Waals surface area contributed by atoms with Gasteiger partial charge in [0.05, 0.1) is 5.69 Å². The van der Waals surface area contributed by atoms with Gasteiger partial charge in [0.25, 0.3) is 0 Å². The summed E-state index contributed by atoms with van der Waals surface area (Å²) in [5.74, 6) is 2.20. The Morgan fingerprint density at radius 2 is 1.65 bits per heavy atom. The lowest BCUT2D eigenvalue weighted by molar-refractivity contribution is 0.381. The molecule has 0 radical (unpaired) electrons. The Balaban J connectivity index is 1.49. The van der Waals surface area contributed by atoms with E-state index in [1.807, 2.05) is 54.7 Å². The molecule has 4 rings (SSSR count). The first-order valence-electron chi connectivity index (χ1n) is 11.2. The van der Waals surface area contributed by atoms with Crippen LogP contribution in [-0.4, -0.2) is 18.3 Å². The quantitative estimate of drug-likeness (QED) is 0.402. The van der Waals surface area contributed by atoms with E-state index in [1.54, 1.807) is 0 Å². The molecule has 0 amide bonds. The van der Waals surface area contributed by atoms with Crippen molar-refractivity contribution >= 4 is 17.6 Å². The van der Waals surface area contributed by atoms with Crippen LogP contribution in [0.5, 0.6) is 11.5 Å². The van der Waals surface area contributed by atoms with Crippen molar-refractivity contribution in [2.24, 2.45) is 4.99 Å². The van der Waals surface area contributed by atoms with Crippen molar-refractivity contribution in [2.75, 3.05) is 11.4 Å². The molecule has 31 heavy (non-hydrogen) atoms. The second-order valence-electron chi connectivity index (χ2n) is 9.15. The predicted molar refractivity (Wildman–Crippen MR) is 132 cm³/mol. The number of rotatable bonds is 5. The smallest absolute Gasteiger partial charge is 0.127 e. The van der Waals surface area contributed by atoms with Gasteiger partial charge in [0.15, 0.2) is 0 Å². The maximum atomic E-state index is 5.91. The molecular weight excluding hydrogens is 380 g/mol. The van der Waals surface area contributed by atoms with Gasteiger partial charge < -0.3 is 9.64 Å². The largest absolute Gasteiger partial charge is 0.457 e. The lowest BCUT2D eigenvalue weighted by Gasteiger charge is -2.47. The van der Waals surface area contributed by atoms with Crippen LogP contribution in [0.1, 0.15) is 56.7 Å². The average molecular weight is 413 g/mol. The summed E-state index contributed by atoms with van der Waals surface area (Å²) >= 11 is 0. The van der Waals surface area contributed by atoms with Crippen molar-refractivity contribution in [3.05, 3.63) is 83.4 Å². The van der Waals surface area contributed by atoms with Crippen molar-refractivity contribution < 1.29 is 4.74 Å². The van der Waals surface area contributed by atoms with Gasteiger partial charge >= 0.3 is 0 Å². The zero-order chi connectivity index (χ0) is 22.0. The molecule has 0 fully saturated rings. The Kier molecular flexibility index (Phi) is 5.86. The van der Waals surface area contributed by atoms with E-state index in [4.69, 9.17) is 4.74 Å². The van der Waals surface area contributed by atoms with E-state index < -0.39 is 0 Å². The Bertz CT molecular complexity index is 1070. The number of aryl methyl sites for hydroxylation is 1. The normalized spacial score (nSPS) is 17.6. The molecule has 0 aliphatic carbocycles. The van der Waals surface area contributed by atoms with Gasteiger partial charge in [0.2, 0.25) is 0 Å². The first-order valence-corrected chi connectivity index (χ1v) is 11.2. The topological polar surface area (TPSA) is 24.8 Å². The molecule has 160 valence electrons. The van der Waals surface area contributed by atoms with Crippen molar-refractivity contribution in [1.29, 1.82) is 0 Å². The van der Waals surface area contributed by atoms with Gasteiger partial charge in [-0.3, -0.25) is 4.99 Å². The molecule has 0 aromatic heterocycles. The number of benzene rings is 3. The molecule has 3 aromatic carbocycles. The highest BCUT2D eigenvalue weighted by atomic mass is 16.5. The molecule has 0 bridgehead atoms. The highest BCUT2D eigenvalue weighted by Gasteiger charge is 2.35. The molecule has 0 saturated carbocycles. The number of aliphatic imine (C=N–C) groups is 1.